The highest BCUT2D eigenvalue weighted by Gasteiger charge is 2.26. The van der Waals surface area contributed by atoms with E-state index < -0.39 is 17.5 Å². The van der Waals surface area contributed by atoms with Crippen molar-refractivity contribution in [1.29, 1.82) is 0 Å². The normalized spacial score (nSPS) is 11.7. The highest BCUT2D eigenvalue weighted by molar-refractivity contribution is 5.81. The van der Waals surface area contributed by atoms with Gasteiger partial charge in [-0.05, 0) is 24.3 Å². The minimum absolute atomic E-state index is 0.168. The molecule has 0 fully saturated rings. The first-order valence-corrected chi connectivity index (χ1v) is 12.3. The average Bonchev–Trinajstić information content (AvgIpc) is 3.38. The van der Waals surface area contributed by atoms with Crippen LogP contribution in [-0.4, -0.2) is 39.6 Å². The average molecular weight is 525 g/mol. The van der Waals surface area contributed by atoms with Gasteiger partial charge in [0.1, 0.15) is 29.1 Å². The van der Waals surface area contributed by atoms with Crippen LogP contribution < -0.4 is 26.1 Å². The monoisotopic (exact) mass is 524 g/mol. The number of nitrogens with one attached hydrogen (secondary N) is 2. The van der Waals surface area contributed by atoms with Crippen molar-refractivity contribution < 1.29 is 14.3 Å². The Labute approximate surface area is 224 Å². The molecule has 5 rings (SSSR count). The molecule has 4 N–H and O–H groups in total. The second kappa shape index (κ2) is 11.1. The van der Waals surface area contributed by atoms with Crippen molar-refractivity contribution in [3.8, 4) is 22.9 Å². The number of carbonyl (C=O) groups is 1. The molecule has 39 heavy (non-hydrogen) atoms. The lowest BCUT2D eigenvalue weighted by molar-refractivity contribution is -0.121. The first-order valence-electron chi connectivity index (χ1n) is 12.3. The summed E-state index contributed by atoms with van der Waals surface area (Å²) in [6.07, 6.45) is 5.06. The molecular formula is C29H28N6O4. The van der Waals surface area contributed by atoms with E-state index in [-0.39, 0.29) is 18.7 Å². The fraction of sp³-hybridized carbons (Fsp3) is 0.172. The molecule has 0 bridgehead atoms. The maximum absolute atomic E-state index is 13.9. The third kappa shape index (κ3) is 5.30. The Kier molecular flexibility index (Phi) is 7.26. The number of nitrogens with two attached hydrogens (primary N) is 1. The fourth-order valence-corrected chi connectivity index (χ4v) is 4.54. The van der Waals surface area contributed by atoms with Crippen LogP contribution in [0.25, 0.3) is 22.3 Å². The summed E-state index contributed by atoms with van der Waals surface area (Å²) < 4.78 is 12.1. The van der Waals surface area contributed by atoms with Crippen LogP contribution in [0.3, 0.4) is 0 Å². The van der Waals surface area contributed by atoms with Gasteiger partial charge >= 0.3 is 0 Å². The number of hydrogen-bond acceptors (Lipinski definition) is 7. The summed E-state index contributed by atoms with van der Waals surface area (Å²) in [5, 5.41) is 4.05. The molecule has 0 aliphatic rings. The molecule has 1 unspecified atom stereocenters. The van der Waals surface area contributed by atoms with Gasteiger partial charge in [-0.3, -0.25) is 19.1 Å². The van der Waals surface area contributed by atoms with Crippen LogP contribution in [0.4, 0.5) is 5.69 Å². The van der Waals surface area contributed by atoms with Gasteiger partial charge in [-0.25, -0.2) is 4.98 Å². The Bertz CT molecular complexity index is 1650. The Morgan fingerprint density at radius 3 is 2.62 bits per heavy atom. The zero-order valence-electron chi connectivity index (χ0n) is 21.5. The van der Waals surface area contributed by atoms with Crippen LogP contribution >= 0.6 is 0 Å². The lowest BCUT2D eigenvalue weighted by Gasteiger charge is -2.21. The number of pyridine rings is 1. The largest absolute Gasteiger partial charge is 0.497 e. The van der Waals surface area contributed by atoms with Gasteiger partial charge in [0.25, 0.3) is 5.56 Å². The summed E-state index contributed by atoms with van der Waals surface area (Å²) in [5.74, 6) is 0.958. The standard InChI is InChI=1S/C29H28N6O4/c1-38-22-9-8-19(26(14-22)39-2)16-32-24-17-33-28(18-6-4-3-5-7-18)35(29(24)37)25(27(30)36)13-21-12-20-15-31-11-10-23(20)34-21/h3-12,14-15,17,25,32,34H,13,16H2,1-2H3,(H2,30,36). The van der Waals surface area contributed by atoms with Crippen molar-refractivity contribution in [3.05, 3.63) is 101 Å². The van der Waals surface area contributed by atoms with Crippen molar-refractivity contribution in [3.63, 3.8) is 0 Å². The molecule has 10 nitrogen and oxygen atoms in total. The third-order valence-electron chi connectivity index (χ3n) is 6.52. The zero-order chi connectivity index (χ0) is 27.4. The van der Waals surface area contributed by atoms with Gasteiger partial charge in [0.2, 0.25) is 5.91 Å². The van der Waals surface area contributed by atoms with E-state index in [4.69, 9.17) is 15.2 Å². The molecule has 1 atom stereocenters. The number of ether oxygens (including phenoxy) is 2. The number of hydrogen-bond donors (Lipinski definition) is 3. The molecule has 0 radical (unpaired) electrons. The van der Waals surface area contributed by atoms with Crippen molar-refractivity contribution in [2.75, 3.05) is 19.5 Å². The Morgan fingerprint density at radius 2 is 1.90 bits per heavy atom. The maximum Gasteiger partial charge on any atom is 0.277 e. The van der Waals surface area contributed by atoms with Gasteiger partial charge in [0, 0.05) is 59.1 Å². The summed E-state index contributed by atoms with van der Waals surface area (Å²) in [6, 6.07) is 17.4. The van der Waals surface area contributed by atoms with Gasteiger partial charge in [-0.2, -0.15) is 0 Å². The zero-order valence-corrected chi connectivity index (χ0v) is 21.5. The van der Waals surface area contributed by atoms with Crippen LogP contribution in [0.5, 0.6) is 11.5 Å². The van der Waals surface area contributed by atoms with Gasteiger partial charge in [-0.15, -0.1) is 0 Å². The predicted octanol–water partition coefficient (Wildman–Crippen LogP) is 3.68. The molecule has 5 aromatic rings. The molecule has 1 amide bonds. The lowest BCUT2D eigenvalue weighted by Crippen LogP contribution is -2.37. The van der Waals surface area contributed by atoms with Crippen molar-refractivity contribution in [2.45, 2.75) is 19.0 Å². The Balaban J connectivity index is 1.55. The van der Waals surface area contributed by atoms with E-state index in [1.165, 1.54) is 10.8 Å². The quantitative estimate of drug-likeness (QED) is 0.253. The molecule has 0 aliphatic heterocycles. The summed E-state index contributed by atoms with van der Waals surface area (Å²) in [5.41, 5.74) is 8.83. The molecule has 0 saturated heterocycles. The topological polar surface area (TPSA) is 137 Å². The van der Waals surface area contributed by atoms with E-state index in [2.05, 4.69) is 20.3 Å². The number of amides is 1. The van der Waals surface area contributed by atoms with Crippen molar-refractivity contribution in [2.24, 2.45) is 5.73 Å². The number of benzene rings is 2. The van der Waals surface area contributed by atoms with Gasteiger partial charge in [0.05, 0.1) is 20.4 Å². The molecule has 198 valence electrons. The summed E-state index contributed by atoms with van der Waals surface area (Å²) in [6.45, 7) is 0.283. The number of aromatic amines is 1. The number of methoxy groups -OCH3 is 2. The molecule has 0 spiro atoms. The second-order valence-corrected chi connectivity index (χ2v) is 8.95. The third-order valence-corrected chi connectivity index (χ3v) is 6.52. The number of nitrogens with zero attached hydrogens (tertiary/aromatic N) is 3. The van der Waals surface area contributed by atoms with Gasteiger partial charge < -0.3 is 25.5 Å². The second-order valence-electron chi connectivity index (χ2n) is 8.95. The minimum Gasteiger partial charge on any atom is -0.497 e. The SMILES string of the molecule is COc1ccc(CNc2cnc(-c3ccccc3)n(C(Cc3cc4cnccc4[nH]3)C(N)=O)c2=O)c(OC)c1. The van der Waals surface area contributed by atoms with E-state index in [1.54, 1.807) is 32.7 Å². The minimum atomic E-state index is -1.00. The smallest absolute Gasteiger partial charge is 0.277 e. The number of primary amides is 1. The fourth-order valence-electron chi connectivity index (χ4n) is 4.54. The van der Waals surface area contributed by atoms with Crippen LogP contribution in [0.1, 0.15) is 17.3 Å². The first-order chi connectivity index (χ1) is 19.0. The van der Waals surface area contributed by atoms with E-state index >= 15 is 0 Å². The van der Waals surface area contributed by atoms with Crippen LogP contribution in [0.2, 0.25) is 0 Å². The molecule has 0 aliphatic carbocycles. The molecule has 3 heterocycles. The molecular weight excluding hydrogens is 496 g/mol. The maximum atomic E-state index is 13.9. The van der Waals surface area contributed by atoms with Gasteiger partial charge in [-0.1, -0.05) is 30.3 Å². The van der Waals surface area contributed by atoms with Gasteiger partial charge in [0.15, 0.2) is 0 Å². The predicted molar refractivity (Wildman–Crippen MR) is 149 cm³/mol. The first kappa shape index (κ1) is 25.5. The highest BCUT2D eigenvalue weighted by atomic mass is 16.5. The number of H-pyrrole nitrogens is 1. The molecule has 0 saturated carbocycles. The molecule has 10 heteroatoms. The van der Waals surface area contributed by atoms with E-state index in [9.17, 15) is 9.59 Å². The summed E-state index contributed by atoms with van der Waals surface area (Å²) >= 11 is 0. The number of aromatic nitrogens is 4. The number of anilines is 1. The van der Waals surface area contributed by atoms with Crippen LogP contribution in [0.15, 0.2) is 84.0 Å². The Hall–Kier alpha value is -5.12. The lowest BCUT2D eigenvalue weighted by atomic mass is 10.1. The highest BCUT2D eigenvalue weighted by Crippen LogP contribution is 2.26. The summed E-state index contributed by atoms with van der Waals surface area (Å²) in [4.78, 5) is 38.8. The Morgan fingerprint density at radius 1 is 1.08 bits per heavy atom. The number of fused-ring (bicyclic) bond motifs is 1. The van der Waals surface area contributed by atoms with E-state index in [0.29, 0.717) is 22.9 Å². The number of rotatable bonds is 10. The molecule has 2 aromatic carbocycles. The van der Waals surface area contributed by atoms with Crippen molar-refractivity contribution in [1.82, 2.24) is 19.5 Å². The number of carbonyl (C=O) groups excluding carboxylic acids is 1. The molecule has 3 aromatic heterocycles. The van der Waals surface area contributed by atoms with E-state index in [1.807, 2.05) is 54.6 Å². The van der Waals surface area contributed by atoms with E-state index in [0.717, 1.165) is 22.2 Å². The van der Waals surface area contributed by atoms with Crippen LogP contribution in [0, 0.1) is 0 Å². The van der Waals surface area contributed by atoms with Crippen molar-refractivity contribution >= 4 is 22.5 Å². The van der Waals surface area contributed by atoms with Crippen LogP contribution in [-0.2, 0) is 17.8 Å². The summed E-state index contributed by atoms with van der Waals surface area (Å²) in [7, 11) is 3.15.